The fourth-order valence-electron chi connectivity index (χ4n) is 3.35. The van der Waals surface area contributed by atoms with E-state index < -0.39 is 0 Å². The second-order valence-electron chi connectivity index (χ2n) is 6.41. The first-order valence-electron chi connectivity index (χ1n) is 8.58. The van der Waals surface area contributed by atoms with E-state index in [-0.39, 0.29) is 11.9 Å². The molecule has 1 aromatic rings. The van der Waals surface area contributed by atoms with Gasteiger partial charge < -0.3 is 15.1 Å². The van der Waals surface area contributed by atoms with Crippen LogP contribution in [0.1, 0.15) is 37.0 Å². The second kappa shape index (κ2) is 7.81. The smallest absolute Gasteiger partial charge is 0.317 e. The van der Waals surface area contributed by atoms with Crippen LogP contribution >= 0.6 is 11.3 Å². The van der Waals surface area contributed by atoms with Gasteiger partial charge in [-0.1, -0.05) is 25.3 Å². The Hall–Kier alpha value is -1.56. The maximum absolute atomic E-state index is 12.3. The first-order valence-corrected chi connectivity index (χ1v) is 9.46. The summed E-state index contributed by atoms with van der Waals surface area (Å²) in [6.07, 6.45) is 6.41. The van der Waals surface area contributed by atoms with Gasteiger partial charge in [-0.3, -0.25) is 4.79 Å². The minimum atomic E-state index is 0.0438. The van der Waals surface area contributed by atoms with Crippen LogP contribution in [0.15, 0.2) is 17.5 Å². The number of carbonyl (C=O) groups is 2. The highest BCUT2D eigenvalue weighted by atomic mass is 32.1. The maximum atomic E-state index is 12.3. The number of urea groups is 1. The molecule has 0 bridgehead atoms. The Kier molecular flexibility index (Phi) is 5.54. The van der Waals surface area contributed by atoms with Gasteiger partial charge in [-0.25, -0.2) is 4.79 Å². The number of rotatable bonds is 3. The molecule has 126 valence electrons. The van der Waals surface area contributed by atoms with Gasteiger partial charge in [0.25, 0.3) is 0 Å². The molecule has 3 rings (SSSR count). The summed E-state index contributed by atoms with van der Waals surface area (Å²) in [5, 5.41) is 5.15. The molecule has 1 saturated carbocycles. The Bertz CT molecular complexity index is 518. The summed E-state index contributed by atoms with van der Waals surface area (Å²) in [5.41, 5.74) is 0. The summed E-state index contributed by atoms with van der Waals surface area (Å²) in [6, 6.07) is 4.36. The van der Waals surface area contributed by atoms with Crippen molar-refractivity contribution in [3.63, 3.8) is 0 Å². The van der Waals surface area contributed by atoms with Gasteiger partial charge in [-0.15, -0.1) is 11.3 Å². The summed E-state index contributed by atoms with van der Waals surface area (Å²) in [5.74, 6) is 0.166. The van der Waals surface area contributed by atoms with Gasteiger partial charge in [-0.2, -0.15) is 0 Å². The lowest BCUT2D eigenvalue weighted by Crippen LogP contribution is -2.54. The summed E-state index contributed by atoms with van der Waals surface area (Å²) < 4.78 is 0. The number of nitrogens with zero attached hydrogens (tertiary/aromatic N) is 2. The van der Waals surface area contributed by atoms with E-state index >= 15 is 0 Å². The van der Waals surface area contributed by atoms with Crippen LogP contribution < -0.4 is 5.32 Å². The van der Waals surface area contributed by atoms with Crippen molar-refractivity contribution in [1.29, 1.82) is 0 Å². The molecular weight excluding hydrogens is 310 g/mol. The third kappa shape index (κ3) is 4.47. The third-order valence-corrected chi connectivity index (χ3v) is 5.63. The molecule has 1 saturated heterocycles. The summed E-state index contributed by atoms with van der Waals surface area (Å²) >= 11 is 1.62. The molecule has 2 aliphatic rings. The molecule has 0 radical (unpaired) electrons. The molecule has 1 aliphatic heterocycles. The number of amides is 3. The first-order chi connectivity index (χ1) is 11.2. The van der Waals surface area contributed by atoms with Gasteiger partial charge in [0.15, 0.2) is 0 Å². The molecule has 2 fully saturated rings. The summed E-state index contributed by atoms with van der Waals surface area (Å²) in [7, 11) is 0. The molecule has 2 heterocycles. The summed E-state index contributed by atoms with van der Waals surface area (Å²) in [4.78, 5) is 29.4. The molecule has 0 spiro atoms. The van der Waals surface area contributed by atoms with Crippen molar-refractivity contribution in [1.82, 2.24) is 15.1 Å². The van der Waals surface area contributed by atoms with E-state index in [1.54, 1.807) is 11.3 Å². The predicted molar refractivity (Wildman–Crippen MR) is 91.6 cm³/mol. The van der Waals surface area contributed by atoms with Crippen LogP contribution in [-0.4, -0.2) is 54.0 Å². The van der Waals surface area contributed by atoms with E-state index in [0.29, 0.717) is 38.6 Å². The van der Waals surface area contributed by atoms with E-state index in [2.05, 4.69) is 5.32 Å². The van der Waals surface area contributed by atoms with Crippen LogP contribution in [0.5, 0.6) is 0 Å². The fourth-order valence-corrected chi connectivity index (χ4v) is 4.04. The van der Waals surface area contributed by atoms with Gasteiger partial charge in [0.2, 0.25) is 5.91 Å². The average Bonchev–Trinajstić information content (AvgIpc) is 3.09. The Labute approximate surface area is 141 Å². The highest BCUT2D eigenvalue weighted by Crippen LogP contribution is 2.18. The molecule has 0 atom stereocenters. The number of hydrogen-bond acceptors (Lipinski definition) is 3. The fraction of sp³-hybridized carbons (Fsp3) is 0.647. The quantitative estimate of drug-likeness (QED) is 0.922. The van der Waals surface area contributed by atoms with Gasteiger partial charge >= 0.3 is 6.03 Å². The van der Waals surface area contributed by atoms with Crippen molar-refractivity contribution in [2.75, 3.05) is 26.2 Å². The normalized spacial score (nSPS) is 19.7. The van der Waals surface area contributed by atoms with Crippen LogP contribution in [0.3, 0.4) is 0 Å². The third-order valence-electron chi connectivity index (χ3n) is 4.76. The molecule has 3 amide bonds. The molecule has 1 aromatic heterocycles. The van der Waals surface area contributed by atoms with E-state index in [1.165, 1.54) is 19.3 Å². The zero-order chi connectivity index (χ0) is 16.1. The standard InChI is InChI=1S/C17H25N3O2S/c21-16(13-15-7-4-12-23-15)19-8-10-20(11-9-19)17(22)18-14-5-2-1-3-6-14/h4,7,12,14H,1-3,5-6,8-11,13H2,(H,18,22). The molecule has 6 heteroatoms. The lowest BCUT2D eigenvalue weighted by atomic mass is 9.96. The van der Waals surface area contributed by atoms with Crippen molar-refractivity contribution in [3.8, 4) is 0 Å². The number of thiophene rings is 1. The van der Waals surface area contributed by atoms with Crippen LogP contribution in [0.4, 0.5) is 4.79 Å². The number of piperazine rings is 1. The lowest BCUT2D eigenvalue weighted by molar-refractivity contribution is -0.131. The summed E-state index contributed by atoms with van der Waals surface area (Å²) in [6.45, 7) is 2.55. The van der Waals surface area contributed by atoms with Crippen molar-refractivity contribution in [2.45, 2.75) is 44.6 Å². The minimum absolute atomic E-state index is 0.0438. The van der Waals surface area contributed by atoms with Gasteiger partial charge in [0.1, 0.15) is 0 Å². The molecule has 1 aliphatic carbocycles. The molecule has 5 nitrogen and oxygen atoms in total. The number of hydrogen-bond donors (Lipinski definition) is 1. The number of carbonyl (C=O) groups excluding carboxylic acids is 2. The highest BCUT2D eigenvalue weighted by Gasteiger charge is 2.25. The molecule has 1 N–H and O–H groups in total. The highest BCUT2D eigenvalue weighted by molar-refractivity contribution is 7.10. The van der Waals surface area contributed by atoms with Crippen molar-refractivity contribution in [3.05, 3.63) is 22.4 Å². The van der Waals surface area contributed by atoms with Gasteiger partial charge in [-0.05, 0) is 24.3 Å². The Morgan fingerprint density at radius 2 is 1.78 bits per heavy atom. The Balaban J connectivity index is 1.42. The van der Waals surface area contributed by atoms with Crippen LogP contribution in [0.2, 0.25) is 0 Å². The van der Waals surface area contributed by atoms with Gasteiger partial charge in [0.05, 0.1) is 6.42 Å². The van der Waals surface area contributed by atoms with E-state index in [0.717, 1.165) is 17.7 Å². The Morgan fingerprint density at radius 1 is 1.09 bits per heavy atom. The van der Waals surface area contributed by atoms with Crippen molar-refractivity contribution >= 4 is 23.3 Å². The largest absolute Gasteiger partial charge is 0.339 e. The van der Waals surface area contributed by atoms with Crippen LogP contribution in [-0.2, 0) is 11.2 Å². The minimum Gasteiger partial charge on any atom is -0.339 e. The average molecular weight is 335 g/mol. The lowest BCUT2D eigenvalue weighted by Gasteiger charge is -2.36. The SMILES string of the molecule is O=C(Cc1cccs1)N1CCN(C(=O)NC2CCCCC2)CC1. The van der Waals surface area contributed by atoms with Crippen molar-refractivity contribution in [2.24, 2.45) is 0 Å². The van der Waals surface area contributed by atoms with Crippen molar-refractivity contribution < 1.29 is 9.59 Å². The second-order valence-corrected chi connectivity index (χ2v) is 7.44. The predicted octanol–water partition coefficient (Wildman–Crippen LogP) is 2.48. The molecular formula is C17H25N3O2S. The zero-order valence-corrected chi connectivity index (χ0v) is 14.3. The van der Waals surface area contributed by atoms with Crippen LogP contribution in [0, 0.1) is 0 Å². The first kappa shape index (κ1) is 16.3. The molecule has 0 aromatic carbocycles. The van der Waals surface area contributed by atoms with Gasteiger partial charge in [0, 0.05) is 37.1 Å². The topological polar surface area (TPSA) is 52.7 Å². The monoisotopic (exact) mass is 335 g/mol. The molecule has 23 heavy (non-hydrogen) atoms. The van der Waals surface area contributed by atoms with E-state index in [1.807, 2.05) is 27.3 Å². The van der Waals surface area contributed by atoms with Crippen LogP contribution in [0.25, 0.3) is 0 Å². The number of nitrogens with one attached hydrogen (secondary N) is 1. The molecule has 0 unspecified atom stereocenters. The maximum Gasteiger partial charge on any atom is 0.317 e. The Morgan fingerprint density at radius 3 is 2.43 bits per heavy atom. The zero-order valence-electron chi connectivity index (χ0n) is 13.5. The van der Waals surface area contributed by atoms with E-state index in [4.69, 9.17) is 0 Å². The van der Waals surface area contributed by atoms with E-state index in [9.17, 15) is 9.59 Å².